The molecule has 54 valence electrons. The van der Waals surface area contributed by atoms with E-state index >= 15 is 0 Å². The van der Waals surface area contributed by atoms with Crippen molar-refractivity contribution in [2.45, 2.75) is 0 Å². The summed E-state index contributed by atoms with van der Waals surface area (Å²) in [5.41, 5.74) is 5.80. The fraction of sp³-hybridized carbons (Fsp3) is 0.167. The zero-order chi connectivity index (χ0) is 7.56. The second kappa shape index (κ2) is 2.53. The second-order valence-electron chi connectivity index (χ2n) is 2.04. The molecule has 4 nitrogen and oxygen atoms in total. The lowest BCUT2D eigenvalue weighted by Gasteiger charge is -2.16. The van der Waals surface area contributed by atoms with Gasteiger partial charge in [0, 0.05) is 11.8 Å². The Hall–Kier alpha value is -1.29. The Morgan fingerprint density at radius 3 is 2.90 bits per heavy atom. The maximum absolute atomic E-state index is 8.88. The third-order valence-corrected chi connectivity index (χ3v) is 1.23. The van der Waals surface area contributed by atoms with Gasteiger partial charge in [0.1, 0.15) is 5.84 Å². The summed E-state index contributed by atoms with van der Waals surface area (Å²) in [5.74, 6) is 0.00315. The smallest absolute Gasteiger partial charge is 0.120 e. The zero-order valence-electron chi connectivity index (χ0n) is 5.41. The zero-order valence-corrected chi connectivity index (χ0v) is 5.41. The number of hydroxylamine groups is 2. The van der Waals surface area contributed by atoms with Gasteiger partial charge in [0.05, 0.1) is 6.54 Å². The van der Waals surface area contributed by atoms with Crippen LogP contribution in [0.1, 0.15) is 0 Å². The molecule has 0 atom stereocenters. The minimum absolute atomic E-state index is 0.00315. The SMILES string of the molecule is N=C(N)C1=CC=CN(O)C1. The van der Waals surface area contributed by atoms with Crippen molar-refractivity contribution in [1.29, 1.82) is 5.41 Å². The van der Waals surface area contributed by atoms with Crippen LogP contribution in [0.4, 0.5) is 0 Å². The second-order valence-corrected chi connectivity index (χ2v) is 2.04. The monoisotopic (exact) mass is 139 g/mol. The molecule has 4 heteroatoms. The van der Waals surface area contributed by atoms with E-state index in [2.05, 4.69) is 0 Å². The average Bonchev–Trinajstić information content (AvgIpc) is 1.88. The highest BCUT2D eigenvalue weighted by Crippen LogP contribution is 2.03. The standard InChI is InChI=1S/C6H9N3O/c7-6(8)5-2-1-3-9(10)4-5/h1-3,10H,4H2,(H3,7,8). The summed E-state index contributed by atoms with van der Waals surface area (Å²) in [6.45, 7) is 0.297. The van der Waals surface area contributed by atoms with Crippen LogP contribution in [-0.4, -0.2) is 22.7 Å². The Kier molecular flexibility index (Phi) is 1.73. The first-order valence-corrected chi connectivity index (χ1v) is 2.87. The van der Waals surface area contributed by atoms with Gasteiger partial charge in [-0.1, -0.05) is 6.08 Å². The number of nitrogens with two attached hydrogens (primary N) is 1. The average molecular weight is 139 g/mol. The Morgan fingerprint density at radius 1 is 1.80 bits per heavy atom. The highest BCUT2D eigenvalue weighted by Gasteiger charge is 2.06. The number of hydrogen-bond donors (Lipinski definition) is 3. The van der Waals surface area contributed by atoms with Crippen LogP contribution in [-0.2, 0) is 0 Å². The maximum atomic E-state index is 8.88. The lowest BCUT2D eigenvalue weighted by atomic mass is 10.2. The topological polar surface area (TPSA) is 73.3 Å². The Balaban J connectivity index is 2.71. The van der Waals surface area contributed by atoms with Gasteiger partial charge in [-0.05, 0) is 6.08 Å². The maximum Gasteiger partial charge on any atom is 0.120 e. The van der Waals surface area contributed by atoms with Crippen molar-refractivity contribution in [2.75, 3.05) is 6.54 Å². The number of nitrogens with one attached hydrogen (secondary N) is 1. The third kappa shape index (κ3) is 1.35. The van der Waals surface area contributed by atoms with E-state index in [0.717, 1.165) is 5.06 Å². The lowest BCUT2D eigenvalue weighted by Crippen LogP contribution is -2.25. The molecule has 1 aliphatic rings. The molecule has 0 aliphatic carbocycles. The molecule has 1 aliphatic heterocycles. The van der Waals surface area contributed by atoms with E-state index < -0.39 is 0 Å². The van der Waals surface area contributed by atoms with E-state index in [1.165, 1.54) is 6.20 Å². The largest absolute Gasteiger partial charge is 0.384 e. The van der Waals surface area contributed by atoms with Gasteiger partial charge in [-0.2, -0.15) is 0 Å². The predicted octanol–water partition coefficient (Wildman–Crippen LogP) is 0.0673. The summed E-state index contributed by atoms with van der Waals surface area (Å²) in [6.07, 6.45) is 4.85. The van der Waals surface area contributed by atoms with Crippen LogP contribution >= 0.6 is 0 Å². The molecule has 0 aromatic heterocycles. The van der Waals surface area contributed by atoms with Gasteiger partial charge in [-0.25, -0.2) is 0 Å². The fourth-order valence-corrected chi connectivity index (χ4v) is 0.713. The first-order valence-electron chi connectivity index (χ1n) is 2.87. The van der Waals surface area contributed by atoms with E-state index in [4.69, 9.17) is 16.4 Å². The fourth-order valence-electron chi connectivity index (χ4n) is 0.713. The van der Waals surface area contributed by atoms with Crippen LogP contribution in [0, 0.1) is 5.41 Å². The quantitative estimate of drug-likeness (QED) is 0.355. The van der Waals surface area contributed by atoms with Gasteiger partial charge in [0.25, 0.3) is 0 Å². The van der Waals surface area contributed by atoms with Crippen molar-refractivity contribution < 1.29 is 5.21 Å². The van der Waals surface area contributed by atoms with Crippen LogP contribution in [0.25, 0.3) is 0 Å². The first-order chi connectivity index (χ1) is 4.70. The molecular formula is C6H9N3O. The van der Waals surface area contributed by atoms with Crippen LogP contribution in [0.3, 0.4) is 0 Å². The normalized spacial score (nSPS) is 16.9. The van der Waals surface area contributed by atoms with Gasteiger partial charge in [-0.3, -0.25) is 15.7 Å². The minimum Gasteiger partial charge on any atom is -0.384 e. The van der Waals surface area contributed by atoms with Gasteiger partial charge < -0.3 is 5.73 Å². The predicted molar refractivity (Wildman–Crippen MR) is 37.6 cm³/mol. The van der Waals surface area contributed by atoms with E-state index in [9.17, 15) is 0 Å². The van der Waals surface area contributed by atoms with E-state index in [1.54, 1.807) is 12.2 Å². The molecule has 1 rings (SSSR count). The summed E-state index contributed by atoms with van der Waals surface area (Å²) in [5, 5.41) is 16.9. The Bertz CT molecular complexity index is 207. The molecule has 0 aromatic rings. The summed E-state index contributed by atoms with van der Waals surface area (Å²) in [7, 11) is 0. The molecule has 1 heterocycles. The number of rotatable bonds is 1. The number of hydrogen-bond acceptors (Lipinski definition) is 3. The molecule has 0 aromatic carbocycles. The molecule has 0 saturated heterocycles. The van der Waals surface area contributed by atoms with Gasteiger partial charge in [0.2, 0.25) is 0 Å². The van der Waals surface area contributed by atoms with Crippen molar-refractivity contribution >= 4 is 5.84 Å². The summed E-state index contributed by atoms with van der Waals surface area (Å²) in [6, 6.07) is 0. The van der Waals surface area contributed by atoms with Crippen LogP contribution in [0.2, 0.25) is 0 Å². The van der Waals surface area contributed by atoms with Crippen molar-refractivity contribution in [3.8, 4) is 0 Å². The third-order valence-electron chi connectivity index (χ3n) is 1.23. The molecule has 4 N–H and O–H groups in total. The number of amidine groups is 1. The van der Waals surface area contributed by atoms with Gasteiger partial charge in [-0.15, -0.1) is 0 Å². The van der Waals surface area contributed by atoms with Crippen LogP contribution in [0.5, 0.6) is 0 Å². The molecule has 0 fully saturated rings. The summed E-state index contributed by atoms with van der Waals surface area (Å²) < 4.78 is 0. The van der Waals surface area contributed by atoms with Crippen LogP contribution in [0.15, 0.2) is 23.9 Å². The number of nitrogens with zero attached hydrogens (tertiary/aromatic N) is 1. The first kappa shape index (κ1) is 6.82. The molecule has 0 spiro atoms. The minimum atomic E-state index is 0.00315. The van der Waals surface area contributed by atoms with Gasteiger partial charge >= 0.3 is 0 Å². The van der Waals surface area contributed by atoms with Crippen molar-refractivity contribution in [3.05, 3.63) is 23.9 Å². The Labute approximate surface area is 58.7 Å². The molecular weight excluding hydrogens is 130 g/mol. The summed E-state index contributed by atoms with van der Waals surface area (Å²) >= 11 is 0. The molecule has 10 heavy (non-hydrogen) atoms. The number of allylic oxidation sites excluding steroid dienone is 2. The van der Waals surface area contributed by atoms with Gasteiger partial charge in [0.15, 0.2) is 0 Å². The highest BCUT2D eigenvalue weighted by molar-refractivity contribution is 5.95. The Morgan fingerprint density at radius 2 is 2.50 bits per heavy atom. The molecule has 0 saturated carbocycles. The van der Waals surface area contributed by atoms with Crippen molar-refractivity contribution in [1.82, 2.24) is 5.06 Å². The molecule has 0 radical (unpaired) electrons. The molecule has 0 bridgehead atoms. The lowest BCUT2D eigenvalue weighted by molar-refractivity contribution is -0.0316. The molecule has 0 unspecified atom stereocenters. The summed E-state index contributed by atoms with van der Waals surface area (Å²) in [4.78, 5) is 0. The van der Waals surface area contributed by atoms with Crippen molar-refractivity contribution in [3.63, 3.8) is 0 Å². The highest BCUT2D eigenvalue weighted by atomic mass is 16.5. The van der Waals surface area contributed by atoms with E-state index in [-0.39, 0.29) is 5.84 Å². The van der Waals surface area contributed by atoms with Crippen molar-refractivity contribution in [2.24, 2.45) is 5.73 Å². The van der Waals surface area contributed by atoms with E-state index in [0.29, 0.717) is 12.1 Å². The molecule has 0 amide bonds. The van der Waals surface area contributed by atoms with E-state index in [1.807, 2.05) is 0 Å². The van der Waals surface area contributed by atoms with Crippen LogP contribution < -0.4 is 5.73 Å².